The van der Waals surface area contributed by atoms with E-state index >= 15 is 0 Å². The number of piperidine rings is 1. The maximum Gasteiger partial charge on any atom is 0.253 e. The minimum atomic E-state index is -3.70. The Labute approximate surface area is 199 Å². The molecular weight excluding hydrogens is 452 g/mol. The number of nitrogens with two attached hydrogens (primary N) is 1. The highest BCUT2D eigenvalue weighted by Crippen LogP contribution is 2.30. The van der Waals surface area contributed by atoms with E-state index in [0.29, 0.717) is 48.5 Å². The monoisotopic (exact) mass is 482 g/mol. The maximum atomic E-state index is 13.1. The van der Waals surface area contributed by atoms with Gasteiger partial charge in [-0.2, -0.15) is 0 Å². The molecule has 180 valence electrons. The summed E-state index contributed by atoms with van der Waals surface area (Å²) in [5.41, 5.74) is 6.73. The highest BCUT2D eigenvalue weighted by molar-refractivity contribution is 7.90. The smallest absolute Gasteiger partial charge is 0.253 e. The Morgan fingerprint density at radius 2 is 1.82 bits per heavy atom. The van der Waals surface area contributed by atoms with Crippen LogP contribution in [0.5, 0.6) is 0 Å². The lowest BCUT2D eigenvalue weighted by Crippen LogP contribution is -2.47. The molecule has 3 N–H and O–H groups in total. The molecule has 0 spiro atoms. The molecule has 1 aliphatic rings. The molecule has 1 fully saturated rings. The third-order valence-electron chi connectivity index (χ3n) is 6.22. The van der Waals surface area contributed by atoms with Crippen LogP contribution in [0.2, 0.25) is 0 Å². The highest BCUT2D eigenvalue weighted by atomic mass is 32.2. The van der Waals surface area contributed by atoms with Crippen LogP contribution >= 0.6 is 0 Å². The lowest BCUT2D eigenvalue weighted by Gasteiger charge is -2.39. The van der Waals surface area contributed by atoms with Crippen molar-refractivity contribution in [1.82, 2.24) is 14.9 Å². The molecular formula is C25H30N4O4S. The quantitative estimate of drug-likeness (QED) is 0.552. The summed E-state index contributed by atoms with van der Waals surface area (Å²) in [5, 5.41) is 10.7. The number of rotatable bonds is 6. The molecule has 1 amide bonds. The Balaban J connectivity index is 1.46. The van der Waals surface area contributed by atoms with Gasteiger partial charge in [0.15, 0.2) is 9.84 Å². The van der Waals surface area contributed by atoms with Gasteiger partial charge in [-0.1, -0.05) is 32.0 Å². The van der Waals surface area contributed by atoms with E-state index < -0.39 is 15.4 Å². The average molecular weight is 483 g/mol. The molecule has 34 heavy (non-hydrogen) atoms. The molecule has 4 rings (SSSR count). The molecule has 1 aliphatic heterocycles. The van der Waals surface area contributed by atoms with Crippen molar-refractivity contribution in [3.05, 3.63) is 59.8 Å². The van der Waals surface area contributed by atoms with E-state index in [2.05, 4.69) is 23.8 Å². The summed E-state index contributed by atoms with van der Waals surface area (Å²) in [6.07, 6.45) is 3.19. The SMILES string of the molecule is CC(C)CC1(O)CCN(C(=O)c2ccc(CS(=O)(=O)c3cccc4nc(N)cnc34)cc2)CC1. The van der Waals surface area contributed by atoms with Crippen LogP contribution in [0.4, 0.5) is 5.82 Å². The second kappa shape index (κ2) is 9.31. The van der Waals surface area contributed by atoms with Gasteiger partial charge < -0.3 is 15.7 Å². The van der Waals surface area contributed by atoms with Gasteiger partial charge in [-0.15, -0.1) is 0 Å². The number of carbonyl (C=O) groups excluding carboxylic acids is 1. The summed E-state index contributed by atoms with van der Waals surface area (Å²) < 4.78 is 26.2. The van der Waals surface area contributed by atoms with Gasteiger partial charge in [-0.25, -0.2) is 18.4 Å². The number of sulfone groups is 1. The van der Waals surface area contributed by atoms with E-state index in [1.54, 1.807) is 41.3 Å². The largest absolute Gasteiger partial charge is 0.390 e. The number of benzene rings is 2. The van der Waals surface area contributed by atoms with Crippen molar-refractivity contribution in [2.24, 2.45) is 5.92 Å². The van der Waals surface area contributed by atoms with Gasteiger partial charge in [-0.3, -0.25) is 4.79 Å². The summed E-state index contributed by atoms with van der Waals surface area (Å²) in [6, 6.07) is 11.4. The first kappa shape index (κ1) is 24.1. The molecule has 0 bridgehead atoms. The Hall–Kier alpha value is -3.04. The molecule has 0 radical (unpaired) electrons. The van der Waals surface area contributed by atoms with Crippen LogP contribution < -0.4 is 5.73 Å². The molecule has 0 atom stereocenters. The fraction of sp³-hybridized carbons (Fsp3) is 0.400. The van der Waals surface area contributed by atoms with E-state index in [-0.39, 0.29) is 27.9 Å². The number of hydrogen-bond acceptors (Lipinski definition) is 7. The van der Waals surface area contributed by atoms with Crippen molar-refractivity contribution in [3.8, 4) is 0 Å². The highest BCUT2D eigenvalue weighted by Gasteiger charge is 2.34. The Bertz CT molecular complexity index is 1300. The first-order valence-corrected chi connectivity index (χ1v) is 13.1. The minimum absolute atomic E-state index is 0.0971. The van der Waals surface area contributed by atoms with E-state index in [0.717, 1.165) is 6.42 Å². The third kappa shape index (κ3) is 5.20. The predicted octanol–water partition coefficient (Wildman–Crippen LogP) is 3.20. The summed E-state index contributed by atoms with van der Waals surface area (Å²) in [6.45, 7) is 5.18. The molecule has 9 heteroatoms. The van der Waals surface area contributed by atoms with Gasteiger partial charge in [-0.05, 0) is 55.0 Å². The number of nitrogen functional groups attached to an aromatic ring is 1. The van der Waals surface area contributed by atoms with Gasteiger partial charge in [0.05, 0.1) is 28.0 Å². The fourth-order valence-corrected chi connectivity index (χ4v) is 6.12. The number of carbonyl (C=O) groups is 1. The van der Waals surface area contributed by atoms with Crippen LogP contribution in [0.15, 0.2) is 53.6 Å². The van der Waals surface area contributed by atoms with Crippen LogP contribution in [0.3, 0.4) is 0 Å². The second-order valence-corrected chi connectivity index (χ2v) is 11.4. The molecule has 8 nitrogen and oxygen atoms in total. The van der Waals surface area contributed by atoms with Crippen molar-refractivity contribution >= 4 is 32.6 Å². The van der Waals surface area contributed by atoms with E-state index in [1.165, 1.54) is 12.3 Å². The second-order valence-electron chi connectivity index (χ2n) is 9.49. The van der Waals surface area contributed by atoms with E-state index in [9.17, 15) is 18.3 Å². The van der Waals surface area contributed by atoms with Crippen LogP contribution in [0, 0.1) is 5.92 Å². The molecule has 0 aliphatic carbocycles. The van der Waals surface area contributed by atoms with Crippen LogP contribution in [0.25, 0.3) is 11.0 Å². The van der Waals surface area contributed by atoms with Crippen molar-refractivity contribution in [3.63, 3.8) is 0 Å². The topological polar surface area (TPSA) is 126 Å². The molecule has 3 aromatic rings. The molecule has 1 saturated heterocycles. The summed E-state index contributed by atoms with van der Waals surface area (Å²) in [7, 11) is -3.70. The number of anilines is 1. The van der Waals surface area contributed by atoms with Gasteiger partial charge in [0.25, 0.3) is 5.91 Å². The van der Waals surface area contributed by atoms with Gasteiger partial charge in [0.1, 0.15) is 11.3 Å². The van der Waals surface area contributed by atoms with Crippen molar-refractivity contribution < 1.29 is 18.3 Å². The molecule has 0 unspecified atom stereocenters. The normalized spacial score (nSPS) is 16.2. The predicted molar refractivity (Wildman–Crippen MR) is 131 cm³/mol. The van der Waals surface area contributed by atoms with Crippen LogP contribution in [-0.4, -0.2) is 53.0 Å². The third-order valence-corrected chi connectivity index (χ3v) is 7.93. The van der Waals surface area contributed by atoms with Gasteiger partial charge >= 0.3 is 0 Å². The zero-order valence-electron chi connectivity index (χ0n) is 19.4. The number of hydrogen-bond donors (Lipinski definition) is 2. The standard InChI is InChI=1S/C25H30N4O4S/c1-17(2)14-25(31)10-12-29(13-11-25)24(30)19-8-6-18(7-9-19)16-34(32,33)21-5-3-4-20-23(21)27-15-22(26)28-20/h3-9,15,17,31H,10-14,16H2,1-2H3,(H2,26,28). The number of nitrogens with zero attached hydrogens (tertiary/aromatic N) is 3. The lowest BCUT2D eigenvalue weighted by molar-refractivity contribution is -0.0311. The number of para-hydroxylation sites is 1. The number of aliphatic hydroxyl groups is 1. The van der Waals surface area contributed by atoms with Crippen molar-refractivity contribution in [2.75, 3.05) is 18.8 Å². The van der Waals surface area contributed by atoms with Gasteiger partial charge in [0, 0.05) is 18.7 Å². The lowest BCUT2D eigenvalue weighted by atomic mass is 9.84. The first-order valence-electron chi connectivity index (χ1n) is 11.4. The van der Waals surface area contributed by atoms with Gasteiger partial charge in [0.2, 0.25) is 0 Å². The number of aromatic nitrogens is 2. The summed E-state index contributed by atoms with van der Waals surface area (Å²) >= 11 is 0. The van der Waals surface area contributed by atoms with E-state index in [4.69, 9.17) is 5.73 Å². The Kier molecular flexibility index (Phi) is 6.60. The Morgan fingerprint density at radius 3 is 2.47 bits per heavy atom. The van der Waals surface area contributed by atoms with E-state index in [1.807, 2.05) is 0 Å². The van der Waals surface area contributed by atoms with Crippen LogP contribution in [0.1, 0.15) is 49.0 Å². The molecule has 1 aromatic heterocycles. The Morgan fingerprint density at radius 1 is 1.15 bits per heavy atom. The molecule has 2 heterocycles. The number of fused-ring (bicyclic) bond motifs is 1. The number of amides is 1. The average Bonchev–Trinajstić information content (AvgIpc) is 2.78. The van der Waals surface area contributed by atoms with Crippen molar-refractivity contribution in [2.45, 2.75) is 49.4 Å². The fourth-order valence-electron chi connectivity index (χ4n) is 4.59. The zero-order chi connectivity index (χ0) is 24.5. The minimum Gasteiger partial charge on any atom is -0.390 e. The molecule has 2 aromatic carbocycles. The zero-order valence-corrected chi connectivity index (χ0v) is 20.3. The molecule has 0 saturated carbocycles. The van der Waals surface area contributed by atoms with Crippen LogP contribution in [-0.2, 0) is 15.6 Å². The summed E-state index contributed by atoms with van der Waals surface area (Å²) in [4.78, 5) is 23.1. The maximum absolute atomic E-state index is 13.1. The number of likely N-dealkylation sites (tertiary alicyclic amines) is 1. The first-order chi connectivity index (χ1) is 16.1. The van der Waals surface area contributed by atoms with Crippen molar-refractivity contribution in [1.29, 1.82) is 0 Å². The summed E-state index contributed by atoms with van der Waals surface area (Å²) in [5.74, 6) is 0.289.